The van der Waals surface area contributed by atoms with Gasteiger partial charge in [-0.15, -0.1) is 0 Å². The number of hydrogen-bond acceptors (Lipinski definition) is 3. The van der Waals surface area contributed by atoms with E-state index in [4.69, 9.17) is 0 Å². The van der Waals surface area contributed by atoms with E-state index >= 15 is 0 Å². The van der Waals surface area contributed by atoms with Gasteiger partial charge in [0.1, 0.15) is 5.54 Å². The van der Waals surface area contributed by atoms with E-state index in [1.165, 1.54) is 6.42 Å². The summed E-state index contributed by atoms with van der Waals surface area (Å²) in [5.74, 6) is 0.706. The third-order valence-corrected chi connectivity index (χ3v) is 4.39. The summed E-state index contributed by atoms with van der Waals surface area (Å²) in [6.45, 7) is 11.8. The molecule has 0 aromatic carbocycles. The number of carbonyl (C=O) groups excluding carboxylic acids is 1. The van der Waals surface area contributed by atoms with Crippen molar-refractivity contribution < 1.29 is 4.79 Å². The van der Waals surface area contributed by atoms with Gasteiger partial charge in [-0.3, -0.25) is 9.69 Å². The van der Waals surface area contributed by atoms with Crippen LogP contribution in [-0.4, -0.2) is 35.5 Å². The minimum Gasteiger partial charge on any atom is -0.336 e. The van der Waals surface area contributed by atoms with Crippen LogP contribution in [0.15, 0.2) is 0 Å². The van der Waals surface area contributed by atoms with Crippen molar-refractivity contribution in [1.29, 1.82) is 5.26 Å². The molecular weight excluding hydrogens is 238 g/mol. The van der Waals surface area contributed by atoms with Gasteiger partial charge in [-0.2, -0.15) is 5.26 Å². The first kappa shape index (κ1) is 16.0. The van der Waals surface area contributed by atoms with Crippen LogP contribution in [0.4, 0.5) is 0 Å². The highest BCUT2D eigenvalue weighted by Gasteiger charge is 2.33. The lowest BCUT2D eigenvalue weighted by molar-refractivity contribution is -0.128. The first-order chi connectivity index (χ1) is 8.80. The number of piperidine rings is 1. The van der Waals surface area contributed by atoms with E-state index < -0.39 is 5.54 Å². The van der Waals surface area contributed by atoms with Crippen LogP contribution >= 0.6 is 0 Å². The zero-order chi connectivity index (χ0) is 14.6. The van der Waals surface area contributed by atoms with Crippen LogP contribution in [-0.2, 0) is 4.79 Å². The maximum atomic E-state index is 12.3. The Morgan fingerprint density at radius 2 is 2.11 bits per heavy atom. The third kappa shape index (κ3) is 3.94. The number of nitriles is 1. The SMILES string of the molecule is CC(C)[C@@](C)(C#N)NC(=O)[C@H](C)N1CCC[C@@H](C)C1. The highest BCUT2D eigenvalue weighted by Crippen LogP contribution is 2.19. The molecule has 0 bridgehead atoms. The topological polar surface area (TPSA) is 56.1 Å². The molecule has 0 aromatic rings. The summed E-state index contributed by atoms with van der Waals surface area (Å²) in [6, 6.07) is 2.07. The zero-order valence-corrected chi connectivity index (χ0v) is 12.9. The molecule has 1 amide bonds. The minimum atomic E-state index is -0.785. The van der Waals surface area contributed by atoms with E-state index in [-0.39, 0.29) is 17.9 Å². The van der Waals surface area contributed by atoms with Crippen molar-refractivity contribution in [3.05, 3.63) is 0 Å². The molecule has 1 aliphatic rings. The average molecular weight is 265 g/mol. The number of nitrogens with zero attached hydrogens (tertiary/aromatic N) is 2. The van der Waals surface area contributed by atoms with Crippen molar-refractivity contribution >= 4 is 5.91 Å². The first-order valence-electron chi connectivity index (χ1n) is 7.27. The van der Waals surface area contributed by atoms with Crippen molar-refractivity contribution in [3.8, 4) is 6.07 Å². The molecule has 3 atom stereocenters. The Labute approximate surface area is 117 Å². The molecule has 108 valence electrons. The fraction of sp³-hybridized carbons (Fsp3) is 0.867. The third-order valence-electron chi connectivity index (χ3n) is 4.39. The standard InChI is InChI=1S/C15H27N3O/c1-11(2)15(5,10-16)17-14(19)13(4)18-8-6-7-12(3)9-18/h11-13H,6-9H2,1-5H3,(H,17,19)/t12-,13+,15-/m1/s1. The monoisotopic (exact) mass is 265 g/mol. The Bertz CT molecular complexity index is 361. The summed E-state index contributed by atoms with van der Waals surface area (Å²) in [7, 11) is 0. The molecule has 0 saturated carbocycles. The van der Waals surface area contributed by atoms with Crippen molar-refractivity contribution in [2.24, 2.45) is 11.8 Å². The molecule has 1 rings (SSSR count). The normalized spacial score (nSPS) is 25.4. The average Bonchev–Trinajstić information content (AvgIpc) is 2.37. The number of carbonyl (C=O) groups is 1. The van der Waals surface area contributed by atoms with Gasteiger partial charge in [-0.25, -0.2) is 0 Å². The Morgan fingerprint density at radius 3 is 2.58 bits per heavy atom. The van der Waals surface area contributed by atoms with Gasteiger partial charge in [0, 0.05) is 6.54 Å². The fourth-order valence-corrected chi connectivity index (χ4v) is 2.41. The van der Waals surface area contributed by atoms with Gasteiger partial charge in [-0.1, -0.05) is 20.8 Å². The Balaban J connectivity index is 2.65. The number of nitrogens with one attached hydrogen (secondary N) is 1. The predicted octanol–water partition coefficient (Wildman–Crippen LogP) is 2.16. The summed E-state index contributed by atoms with van der Waals surface area (Å²) in [5.41, 5.74) is -0.785. The molecule has 19 heavy (non-hydrogen) atoms. The van der Waals surface area contributed by atoms with E-state index in [0.717, 1.165) is 19.5 Å². The summed E-state index contributed by atoms with van der Waals surface area (Å²) in [4.78, 5) is 14.5. The maximum absolute atomic E-state index is 12.3. The van der Waals surface area contributed by atoms with Gasteiger partial charge < -0.3 is 5.32 Å². The van der Waals surface area contributed by atoms with E-state index in [0.29, 0.717) is 5.92 Å². The Hall–Kier alpha value is -1.08. The number of likely N-dealkylation sites (tertiary alicyclic amines) is 1. The van der Waals surface area contributed by atoms with Crippen molar-refractivity contribution in [2.45, 2.75) is 59.0 Å². The second-order valence-corrected chi connectivity index (χ2v) is 6.38. The van der Waals surface area contributed by atoms with Gasteiger partial charge in [0.25, 0.3) is 0 Å². The first-order valence-corrected chi connectivity index (χ1v) is 7.27. The number of amides is 1. The summed E-state index contributed by atoms with van der Waals surface area (Å²) in [6.07, 6.45) is 2.39. The highest BCUT2D eigenvalue weighted by molar-refractivity contribution is 5.82. The molecule has 1 saturated heterocycles. The summed E-state index contributed by atoms with van der Waals surface area (Å²) in [5, 5.41) is 12.2. The summed E-state index contributed by atoms with van der Waals surface area (Å²) >= 11 is 0. The minimum absolute atomic E-state index is 0.0353. The van der Waals surface area contributed by atoms with E-state index in [1.54, 1.807) is 6.92 Å². The van der Waals surface area contributed by atoms with Gasteiger partial charge in [0.15, 0.2) is 0 Å². The van der Waals surface area contributed by atoms with Crippen molar-refractivity contribution in [1.82, 2.24) is 10.2 Å². The number of rotatable bonds is 4. The molecule has 0 unspecified atom stereocenters. The van der Waals surface area contributed by atoms with E-state index in [9.17, 15) is 10.1 Å². The van der Waals surface area contributed by atoms with Crippen molar-refractivity contribution in [3.63, 3.8) is 0 Å². The number of hydrogen-bond donors (Lipinski definition) is 1. The van der Waals surface area contributed by atoms with Crippen LogP contribution in [0, 0.1) is 23.2 Å². The second kappa shape index (κ2) is 6.38. The van der Waals surface area contributed by atoms with Gasteiger partial charge in [0.2, 0.25) is 5.91 Å². The van der Waals surface area contributed by atoms with Crippen LogP contribution in [0.2, 0.25) is 0 Å². The molecule has 1 heterocycles. The molecular formula is C15H27N3O. The second-order valence-electron chi connectivity index (χ2n) is 6.38. The van der Waals surface area contributed by atoms with E-state index in [1.807, 2.05) is 20.8 Å². The van der Waals surface area contributed by atoms with Gasteiger partial charge in [-0.05, 0) is 45.1 Å². The van der Waals surface area contributed by atoms with Gasteiger partial charge in [0.05, 0.1) is 12.1 Å². The molecule has 0 radical (unpaired) electrons. The van der Waals surface area contributed by atoms with Crippen LogP contribution in [0.1, 0.15) is 47.5 Å². The lowest BCUT2D eigenvalue weighted by Crippen LogP contribution is -2.56. The lowest BCUT2D eigenvalue weighted by atomic mass is 9.89. The van der Waals surface area contributed by atoms with Gasteiger partial charge >= 0.3 is 0 Å². The Morgan fingerprint density at radius 1 is 1.47 bits per heavy atom. The van der Waals surface area contributed by atoms with Crippen LogP contribution in [0.25, 0.3) is 0 Å². The fourth-order valence-electron chi connectivity index (χ4n) is 2.41. The quantitative estimate of drug-likeness (QED) is 0.847. The van der Waals surface area contributed by atoms with Crippen LogP contribution in [0.5, 0.6) is 0 Å². The van der Waals surface area contributed by atoms with Crippen LogP contribution < -0.4 is 5.32 Å². The molecule has 4 nitrogen and oxygen atoms in total. The predicted molar refractivity (Wildman–Crippen MR) is 76.4 cm³/mol. The Kier molecular flexibility index (Phi) is 5.37. The lowest BCUT2D eigenvalue weighted by Gasteiger charge is -2.36. The molecule has 0 spiro atoms. The molecule has 0 aliphatic carbocycles. The zero-order valence-electron chi connectivity index (χ0n) is 12.9. The largest absolute Gasteiger partial charge is 0.336 e. The molecule has 4 heteroatoms. The smallest absolute Gasteiger partial charge is 0.238 e. The molecule has 0 aromatic heterocycles. The highest BCUT2D eigenvalue weighted by atomic mass is 16.2. The molecule has 1 aliphatic heterocycles. The van der Waals surface area contributed by atoms with E-state index in [2.05, 4.69) is 23.2 Å². The maximum Gasteiger partial charge on any atom is 0.238 e. The molecule has 1 N–H and O–H groups in total. The summed E-state index contributed by atoms with van der Waals surface area (Å²) < 4.78 is 0. The molecule has 1 fully saturated rings. The van der Waals surface area contributed by atoms with Crippen molar-refractivity contribution in [2.75, 3.05) is 13.1 Å². The van der Waals surface area contributed by atoms with Crippen LogP contribution in [0.3, 0.4) is 0 Å².